The van der Waals surface area contributed by atoms with Crippen molar-refractivity contribution in [1.82, 2.24) is 15.2 Å². The Bertz CT molecular complexity index is 1250. The number of hydrogen-bond donors (Lipinski definition) is 3. The first kappa shape index (κ1) is 19.8. The second-order valence-electron chi connectivity index (χ2n) is 6.13. The first-order valence-corrected chi connectivity index (χ1v) is 10.1. The summed E-state index contributed by atoms with van der Waals surface area (Å²) in [6.45, 7) is 0. The Balaban J connectivity index is 1.59. The second kappa shape index (κ2) is 8.47. The minimum absolute atomic E-state index is 0.301. The number of hydrogen-bond acceptors (Lipinski definition) is 7. The fourth-order valence-corrected chi connectivity index (χ4v) is 4.03. The predicted molar refractivity (Wildman–Crippen MR) is 123 cm³/mol. The van der Waals surface area contributed by atoms with Crippen LogP contribution in [-0.4, -0.2) is 34.5 Å². The third-order valence-corrected chi connectivity index (χ3v) is 5.44. The molecule has 0 saturated heterocycles. The molecule has 0 aliphatic heterocycles. The number of thiocarbonyl (C=S) groups is 1. The van der Waals surface area contributed by atoms with Crippen LogP contribution in [0, 0.1) is 0 Å². The molecule has 4 aromatic rings. The maximum Gasteiger partial charge on any atom is 0.291 e. The number of H-pyrrole nitrogens is 1. The van der Waals surface area contributed by atoms with Gasteiger partial charge in [-0.25, -0.2) is 10.1 Å². The molecule has 0 unspecified atom stereocenters. The van der Waals surface area contributed by atoms with Crippen molar-refractivity contribution in [2.24, 2.45) is 0 Å². The Labute approximate surface area is 180 Å². The highest BCUT2D eigenvalue weighted by Crippen LogP contribution is 2.32. The fourth-order valence-electron chi connectivity index (χ4n) is 2.78. The van der Waals surface area contributed by atoms with Crippen LogP contribution in [0.3, 0.4) is 0 Å². The molecule has 0 bridgehead atoms. The SMILES string of the molecule is COc1ccc(NC(=S)Nc2nc3c(=O)[nH]nc(-c4ccc(OC)cc4)c3s2)cc1. The number of rotatable bonds is 5. The predicted octanol–water partition coefficient (Wildman–Crippen LogP) is 3.87. The molecular formula is C20H17N5O3S2. The number of aromatic nitrogens is 3. The van der Waals surface area contributed by atoms with E-state index in [4.69, 9.17) is 21.7 Å². The van der Waals surface area contributed by atoms with Crippen LogP contribution < -0.4 is 25.7 Å². The average molecular weight is 440 g/mol. The molecule has 0 aliphatic carbocycles. The van der Waals surface area contributed by atoms with E-state index < -0.39 is 0 Å². The van der Waals surface area contributed by atoms with Gasteiger partial charge in [0.2, 0.25) is 0 Å². The molecule has 30 heavy (non-hydrogen) atoms. The minimum Gasteiger partial charge on any atom is -0.497 e. The topological polar surface area (TPSA) is 101 Å². The van der Waals surface area contributed by atoms with E-state index in [2.05, 4.69) is 25.8 Å². The number of ether oxygens (including phenoxy) is 2. The molecule has 2 aromatic heterocycles. The van der Waals surface area contributed by atoms with Crippen LogP contribution in [0.4, 0.5) is 10.8 Å². The van der Waals surface area contributed by atoms with Crippen molar-refractivity contribution < 1.29 is 9.47 Å². The van der Waals surface area contributed by atoms with E-state index in [1.807, 2.05) is 48.5 Å². The lowest BCUT2D eigenvalue weighted by Gasteiger charge is -2.08. The van der Waals surface area contributed by atoms with Gasteiger partial charge in [-0.3, -0.25) is 4.79 Å². The number of nitrogens with one attached hydrogen (secondary N) is 3. The number of methoxy groups -OCH3 is 2. The first-order valence-electron chi connectivity index (χ1n) is 8.83. The summed E-state index contributed by atoms with van der Waals surface area (Å²) in [7, 11) is 3.22. The first-order chi connectivity index (χ1) is 14.6. The van der Waals surface area contributed by atoms with Crippen molar-refractivity contribution in [3.05, 3.63) is 58.9 Å². The van der Waals surface area contributed by atoms with Gasteiger partial charge in [0, 0.05) is 11.3 Å². The van der Waals surface area contributed by atoms with Crippen LogP contribution in [0.1, 0.15) is 0 Å². The van der Waals surface area contributed by atoms with Gasteiger partial charge in [0.05, 0.1) is 18.9 Å². The monoisotopic (exact) mass is 439 g/mol. The van der Waals surface area contributed by atoms with Gasteiger partial charge in [-0.2, -0.15) is 5.10 Å². The van der Waals surface area contributed by atoms with E-state index in [0.717, 1.165) is 22.7 Å². The molecule has 0 amide bonds. The molecule has 0 aliphatic rings. The smallest absolute Gasteiger partial charge is 0.291 e. The summed E-state index contributed by atoms with van der Waals surface area (Å²) in [6, 6.07) is 14.8. The van der Waals surface area contributed by atoms with Crippen molar-refractivity contribution in [3.63, 3.8) is 0 Å². The summed E-state index contributed by atoms with van der Waals surface area (Å²) in [5.74, 6) is 1.49. The van der Waals surface area contributed by atoms with E-state index >= 15 is 0 Å². The number of thiazole rings is 1. The lowest BCUT2D eigenvalue weighted by molar-refractivity contribution is 0.415. The largest absolute Gasteiger partial charge is 0.497 e. The van der Waals surface area contributed by atoms with Gasteiger partial charge in [-0.05, 0) is 60.7 Å². The molecule has 0 spiro atoms. The highest BCUT2D eigenvalue weighted by molar-refractivity contribution is 7.80. The number of nitrogens with zero attached hydrogens (tertiary/aromatic N) is 2. The number of aromatic amines is 1. The van der Waals surface area contributed by atoms with Crippen molar-refractivity contribution in [2.45, 2.75) is 0 Å². The minimum atomic E-state index is -0.361. The van der Waals surface area contributed by atoms with E-state index in [1.165, 1.54) is 11.3 Å². The molecule has 0 radical (unpaired) electrons. The van der Waals surface area contributed by atoms with Crippen LogP contribution in [0.15, 0.2) is 53.3 Å². The Hall–Kier alpha value is -3.50. The van der Waals surface area contributed by atoms with E-state index in [-0.39, 0.29) is 5.56 Å². The molecule has 4 rings (SSSR count). The lowest BCUT2D eigenvalue weighted by atomic mass is 10.1. The zero-order chi connectivity index (χ0) is 21.1. The molecule has 0 fully saturated rings. The zero-order valence-electron chi connectivity index (χ0n) is 16.1. The quantitative estimate of drug-likeness (QED) is 0.403. The van der Waals surface area contributed by atoms with Gasteiger partial charge in [0.1, 0.15) is 17.2 Å². The van der Waals surface area contributed by atoms with Crippen molar-refractivity contribution in [1.29, 1.82) is 0 Å². The van der Waals surface area contributed by atoms with Gasteiger partial charge in [0.25, 0.3) is 5.56 Å². The Kier molecular flexibility index (Phi) is 5.59. The lowest BCUT2D eigenvalue weighted by Crippen LogP contribution is -2.19. The standard InChI is InChI=1S/C20H17N5O3S2/c1-27-13-7-3-11(4-8-13)15-17-16(18(26)25-24-15)22-20(30-17)23-19(29)21-12-5-9-14(28-2)10-6-12/h3-10H,1-2H3,(H,25,26)(H2,21,22,23,29). The summed E-state index contributed by atoms with van der Waals surface area (Å²) in [5, 5.41) is 13.7. The third kappa shape index (κ3) is 4.09. The maximum absolute atomic E-state index is 12.2. The molecule has 0 atom stereocenters. The van der Waals surface area contributed by atoms with Gasteiger partial charge in [-0.1, -0.05) is 11.3 Å². The van der Waals surface area contributed by atoms with Gasteiger partial charge < -0.3 is 20.1 Å². The molecule has 0 saturated carbocycles. The van der Waals surface area contributed by atoms with Crippen molar-refractivity contribution >= 4 is 49.7 Å². The van der Waals surface area contributed by atoms with E-state index in [1.54, 1.807) is 14.2 Å². The zero-order valence-corrected chi connectivity index (χ0v) is 17.7. The van der Waals surface area contributed by atoms with E-state index in [0.29, 0.717) is 26.2 Å². The van der Waals surface area contributed by atoms with Crippen molar-refractivity contribution in [3.8, 4) is 22.8 Å². The molecule has 10 heteroatoms. The summed E-state index contributed by atoms with van der Waals surface area (Å²) in [5.41, 5.74) is 2.21. The van der Waals surface area contributed by atoms with Crippen LogP contribution in [-0.2, 0) is 0 Å². The highest BCUT2D eigenvalue weighted by Gasteiger charge is 2.15. The van der Waals surface area contributed by atoms with Gasteiger partial charge in [-0.15, -0.1) is 0 Å². The van der Waals surface area contributed by atoms with E-state index in [9.17, 15) is 4.79 Å². The van der Waals surface area contributed by atoms with Crippen LogP contribution in [0.5, 0.6) is 11.5 Å². The molecular weight excluding hydrogens is 422 g/mol. The second-order valence-corrected chi connectivity index (χ2v) is 7.54. The molecule has 2 heterocycles. The fraction of sp³-hybridized carbons (Fsp3) is 0.100. The Morgan fingerprint density at radius 1 is 1.00 bits per heavy atom. The molecule has 2 aromatic carbocycles. The van der Waals surface area contributed by atoms with Crippen molar-refractivity contribution in [2.75, 3.05) is 24.9 Å². The number of anilines is 2. The summed E-state index contributed by atoms with van der Waals surface area (Å²) in [4.78, 5) is 16.6. The van der Waals surface area contributed by atoms with Crippen LogP contribution >= 0.6 is 23.6 Å². The normalized spacial score (nSPS) is 10.6. The van der Waals surface area contributed by atoms with Gasteiger partial charge in [0.15, 0.2) is 15.8 Å². The Morgan fingerprint density at radius 3 is 2.27 bits per heavy atom. The number of benzene rings is 2. The third-order valence-electron chi connectivity index (χ3n) is 4.26. The molecule has 8 nitrogen and oxygen atoms in total. The average Bonchev–Trinajstić information content (AvgIpc) is 3.19. The summed E-state index contributed by atoms with van der Waals surface area (Å²) in [6.07, 6.45) is 0. The molecule has 3 N–H and O–H groups in total. The Morgan fingerprint density at radius 2 is 1.63 bits per heavy atom. The van der Waals surface area contributed by atoms with Gasteiger partial charge >= 0.3 is 0 Å². The maximum atomic E-state index is 12.2. The highest BCUT2D eigenvalue weighted by atomic mass is 32.1. The summed E-state index contributed by atoms with van der Waals surface area (Å²) >= 11 is 6.67. The molecule has 152 valence electrons. The van der Waals surface area contributed by atoms with Crippen LogP contribution in [0.25, 0.3) is 21.5 Å². The van der Waals surface area contributed by atoms with Crippen LogP contribution in [0.2, 0.25) is 0 Å². The summed E-state index contributed by atoms with van der Waals surface area (Å²) < 4.78 is 11.0. The number of fused-ring (bicyclic) bond motifs is 1.